The standard InChI is InChI=1S/C24H28/c1-16-13-18-14-20-21(24(4,5)12-11-23(20,2)3)15-19(18)22(16)17-9-7-6-8-10-17/h6-10,13-15,22H,11-12H2,1-5H3. The fourth-order valence-corrected chi connectivity index (χ4v) is 4.68. The Bertz CT molecular complexity index is 819. The molecule has 24 heavy (non-hydrogen) atoms. The van der Waals surface area contributed by atoms with E-state index in [0.29, 0.717) is 5.92 Å². The first-order valence-corrected chi connectivity index (χ1v) is 9.22. The monoisotopic (exact) mass is 316 g/mol. The van der Waals surface area contributed by atoms with Crippen LogP contribution in [0.15, 0.2) is 48.0 Å². The number of rotatable bonds is 1. The summed E-state index contributed by atoms with van der Waals surface area (Å²) in [6.07, 6.45) is 4.95. The van der Waals surface area contributed by atoms with Crippen molar-refractivity contribution in [3.05, 3.63) is 75.9 Å². The second-order valence-electron chi connectivity index (χ2n) is 9.03. The van der Waals surface area contributed by atoms with E-state index in [1.54, 1.807) is 11.1 Å². The van der Waals surface area contributed by atoms with Crippen LogP contribution >= 0.6 is 0 Å². The highest BCUT2D eigenvalue weighted by Gasteiger charge is 2.39. The first kappa shape index (κ1) is 15.7. The SMILES string of the molecule is CC1=Cc2cc3c(cc2C1c1ccccc1)C(C)(C)CCC3(C)C. The van der Waals surface area contributed by atoms with Crippen molar-refractivity contribution in [2.24, 2.45) is 0 Å². The summed E-state index contributed by atoms with van der Waals surface area (Å²) in [6, 6.07) is 16.0. The van der Waals surface area contributed by atoms with Gasteiger partial charge in [-0.15, -0.1) is 0 Å². The molecular weight excluding hydrogens is 288 g/mol. The molecule has 1 atom stereocenters. The maximum absolute atomic E-state index is 2.54. The molecule has 0 radical (unpaired) electrons. The van der Waals surface area contributed by atoms with Crippen molar-refractivity contribution in [1.82, 2.24) is 0 Å². The van der Waals surface area contributed by atoms with Crippen LogP contribution in [-0.4, -0.2) is 0 Å². The maximum atomic E-state index is 2.54. The van der Waals surface area contributed by atoms with Gasteiger partial charge in [0, 0.05) is 5.92 Å². The van der Waals surface area contributed by atoms with Crippen LogP contribution in [0.1, 0.15) is 81.2 Å². The zero-order valence-electron chi connectivity index (χ0n) is 15.6. The smallest absolute Gasteiger partial charge is 0.0305 e. The average molecular weight is 316 g/mol. The quantitative estimate of drug-likeness (QED) is 0.557. The molecule has 0 bridgehead atoms. The summed E-state index contributed by atoms with van der Waals surface area (Å²) in [5, 5.41) is 0. The largest absolute Gasteiger partial charge is 0.0622 e. The van der Waals surface area contributed by atoms with Gasteiger partial charge in [-0.05, 0) is 58.4 Å². The zero-order valence-corrected chi connectivity index (χ0v) is 15.6. The summed E-state index contributed by atoms with van der Waals surface area (Å²) >= 11 is 0. The molecule has 0 aromatic heterocycles. The van der Waals surface area contributed by atoms with Crippen LogP contribution in [-0.2, 0) is 10.8 Å². The van der Waals surface area contributed by atoms with Crippen LogP contribution in [0.5, 0.6) is 0 Å². The minimum Gasteiger partial charge on any atom is -0.0622 e. The van der Waals surface area contributed by atoms with Gasteiger partial charge in [0.1, 0.15) is 0 Å². The van der Waals surface area contributed by atoms with E-state index < -0.39 is 0 Å². The van der Waals surface area contributed by atoms with E-state index in [-0.39, 0.29) is 10.8 Å². The first-order valence-electron chi connectivity index (χ1n) is 9.22. The maximum Gasteiger partial charge on any atom is 0.0305 e. The highest BCUT2D eigenvalue weighted by atomic mass is 14.4. The minimum absolute atomic E-state index is 0.275. The van der Waals surface area contributed by atoms with Crippen molar-refractivity contribution in [3.63, 3.8) is 0 Å². The van der Waals surface area contributed by atoms with Gasteiger partial charge in [0.15, 0.2) is 0 Å². The molecule has 2 aromatic rings. The van der Waals surface area contributed by atoms with E-state index in [9.17, 15) is 0 Å². The number of fused-ring (bicyclic) bond motifs is 2. The summed E-state index contributed by atoms with van der Waals surface area (Å²) in [4.78, 5) is 0. The first-order chi connectivity index (χ1) is 11.3. The third kappa shape index (κ3) is 2.27. The number of allylic oxidation sites excluding steroid dienone is 1. The Morgan fingerprint density at radius 2 is 1.42 bits per heavy atom. The third-order valence-electron chi connectivity index (χ3n) is 6.34. The molecule has 0 amide bonds. The molecule has 2 aliphatic rings. The lowest BCUT2D eigenvalue weighted by Gasteiger charge is -2.42. The molecule has 0 saturated heterocycles. The topological polar surface area (TPSA) is 0 Å². The summed E-state index contributed by atoms with van der Waals surface area (Å²) < 4.78 is 0. The Morgan fingerprint density at radius 3 is 2.04 bits per heavy atom. The van der Waals surface area contributed by atoms with Crippen molar-refractivity contribution >= 4 is 6.08 Å². The van der Waals surface area contributed by atoms with Crippen molar-refractivity contribution < 1.29 is 0 Å². The lowest BCUT2D eigenvalue weighted by molar-refractivity contribution is 0.331. The Labute approximate surface area is 146 Å². The van der Waals surface area contributed by atoms with E-state index in [1.165, 1.54) is 35.1 Å². The van der Waals surface area contributed by atoms with Crippen LogP contribution in [0.25, 0.3) is 6.08 Å². The van der Waals surface area contributed by atoms with Gasteiger partial charge in [-0.2, -0.15) is 0 Å². The molecule has 0 aliphatic heterocycles. The third-order valence-corrected chi connectivity index (χ3v) is 6.34. The second-order valence-corrected chi connectivity index (χ2v) is 9.03. The van der Waals surface area contributed by atoms with Crippen molar-refractivity contribution in [3.8, 4) is 0 Å². The van der Waals surface area contributed by atoms with Gasteiger partial charge in [-0.3, -0.25) is 0 Å². The molecule has 124 valence electrons. The zero-order chi connectivity index (χ0) is 17.1. The molecule has 0 heteroatoms. The fourth-order valence-electron chi connectivity index (χ4n) is 4.68. The van der Waals surface area contributed by atoms with Gasteiger partial charge in [0.2, 0.25) is 0 Å². The van der Waals surface area contributed by atoms with Gasteiger partial charge in [0.05, 0.1) is 0 Å². The molecule has 1 unspecified atom stereocenters. The van der Waals surface area contributed by atoms with Crippen molar-refractivity contribution in [2.45, 2.75) is 64.2 Å². The van der Waals surface area contributed by atoms with Gasteiger partial charge in [-0.1, -0.05) is 81.8 Å². The summed E-state index contributed by atoms with van der Waals surface area (Å²) in [6.45, 7) is 11.9. The summed E-state index contributed by atoms with van der Waals surface area (Å²) in [7, 11) is 0. The number of hydrogen-bond acceptors (Lipinski definition) is 0. The average Bonchev–Trinajstić information content (AvgIpc) is 2.87. The van der Waals surface area contributed by atoms with E-state index in [1.807, 2.05) is 0 Å². The van der Waals surface area contributed by atoms with E-state index in [2.05, 4.69) is 83.2 Å². The molecular formula is C24H28. The Balaban J connectivity index is 1.92. The molecule has 0 saturated carbocycles. The normalized spacial score (nSPS) is 23.4. The predicted octanol–water partition coefficient (Wildman–Crippen LogP) is 6.58. The molecule has 2 aromatic carbocycles. The molecule has 4 rings (SSSR count). The van der Waals surface area contributed by atoms with Crippen molar-refractivity contribution in [1.29, 1.82) is 0 Å². The van der Waals surface area contributed by atoms with Gasteiger partial charge < -0.3 is 0 Å². The highest BCUT2D eigenvalue weighted by Crippen LogP contribution is 2.50. The molecule has 0 N–H and O–H groups in total. The van der Waals surface area contributed by atoms with E-state index in [0.717, 1.165) is 0 Å². The Hall–Kier alpha value is -1.82. The van der Waals surface area contributed by atoms with Crippen LogP contribution in [0.4, 0.5) is 0 Å². The van der Waals surface area contributed by atoms with Crippen LogP contribution in [0.2, 0.25) is 0 Å². The molecule has 0 fully saturated rings. The molecule has 2 aliphatic carbocycles. The van der Waals surface area contributed by atoms with Crippen LogP contribution in [0, 0.1) is 0 Å². The predicted molar refractivity (Wildman–Crippen MR) is 104 cm³/mol. The molecule has 0 spiro atoms. The molecule has 0 heterocycles. The second kappa shape index (κ2) is 5.09. The number of hydrogen-bond donors (Lipinski definition) is 0. The lowest BCUT2D eigenvalue weighted by atomic mass is 9.62. The fraction of sp³-hybridized carbons (Fsp3) is 0.417. The van der Waals surface area contributed by atoms with Crippen LogP contribution < -0.4 is 0 Å². The van der Waals surface area contributed by atoms with Gasteiger partial charge >= 0.3 is 0 Å². The van der Waals surface area contributed by atoms with Crippen molar-refractivity contribution in [2.75, 3.05) is 0 Å². The van der Waals surface area contributed by atoms with Gasteiger partial charge in [0.25, 0.3) is 0 Å². The van der Waals surface area contributed by atoms with E-state index in [4.69, 9.17) is 0 Å². The Morgan fingerprint density at radius 1 is 0.833 bits per heavy atom. The van der Waals surface area contributed by atoms with E-state index >= 15 is 0 Å². The summed E-state index contributed by atoms with van der Waals surface area (Å²) in [5.41, 5.74) is 9.52. The molecule has 0 nitrogen and oxygen atoms in total. The Kier molecular flexibility index (Phi) is 3.33. The number of benzene rings is 2. The van der Waals surface area contributed by atoms with Gasteiger partial charge in [-0.25, -0.2) is 0 Å². The lowest BCUT2D eigenvalue weighted by Crippen LogP contribution is -2.34. The van der Waals surface area contributed by atoms with Crippen LogP contribution in [0.3, 0.4) is 0 Å². The minimum atomic E-state index is 0.275. The summed E-state index contributed by atoms with van der Waals surface area (Å²) in [5.74, 6) is 0.423. The highest BCUT2D eigenvalue weighted by molar-refractivity contribution is 5.71.